The van der Waals surface area contributed by atoms with Gasteiger partial charge in [-0.25, -0.2) is 0 Å². The normalized spacial score (nSPS) is 16.3. The molecule has 1 heterocycles. The lowest BCUT2D eigenvalue weighted by Crippen LogP contribution is -2.47. The van der Waals surface area contributed by atoms with Gasteiger partial charge in [0.1, 0.15) is 0 Å². The third kappa shape index (κ3) is 7.60. The van der Waals surface area contributed by atoms with Gasteiger partial charge in [0.25, 0.3) is 0 Å². The number of nitrogens with zero attached hydrogens (tertiary/aromatic N) is 2. The van der Waals surface area contributed by atoms with Crippen molar-refractivity contribution < 1.29 is 27.5 Å². The van der Waals surface area contributed by atoms with Crippen molar-refractivity contribution in [3.63, 3.8) is 0 Å². The first-order valence-corrected chi connectivity index (χ1v) is 8.73. The number of rotatable bonds is 9. The van der Waals surface area contributed by atoms with E-state index < -0.39 is 12.1 Å². The van der Waals surface area contributed by atoms with Crippen LogP contribution in [0.25, 0.3) is 0 Å². The molecule has 2 amide bonds. The zero-order valence-corrected chi connectivity index (χ0v) is 14.9. The molecular formula is C16H28F3N3O3. The highest BCUT2D eigenvalue weighted by Crippen LogP contribution is 2.23. The predicted octanol–water partition coefficient (Wildman–Crippen LogP) is 1.26. The van der Waals surface area contributed by atoms with Crippen LogP contribution >= 0.6 is 0 Å². The molecule has 0 spiro atoms. The molecule has 1 fully saturated rings. The van der Waals surface area contributed by atoms with Crippen molar-refractivity contribution in [2.45, 2.75) is 32.9 Å². The van der Waals surface area contributed by atoms with Crippen LogP contribution in [0.15, 0.2) is 0 Å². The van der Waals surface area contributed by atoms with Crippen LogP contribution in [0.1, 0.15) is 26.7 Å². The maximum atomic E-state index is 12.4. The molecule has 0 saturated carbocycles. The first-order valence-electron chi connectivity index (χ1n) is 8.73. The molecular weight excluding hydrogens is 339 g/mol. The lowest BCUT2D eigenvalue weighted by molar-refractivity contribution is -0.186. The minimum absolute atomic E-state index is 0.0448. The van der Waals surface area contributed by atoms with E-state index in [1.54, 1.807) is 0 Å². The molecule has 0 aromatic rings. The average Bonchev–Trinajstić information content (AvgIpc) is 2.59. The fourth-order valence-electron chi connectivity index (χ4n) is 2.75. The van der Waals surface area contributed by atoms with Crippen LogP contribution in [-0.4, -0.2) is 80.3 Å². The molecule has 1 aliphatic rings. The van der Waals surface area contributed by atoms with E-state index in [1.807, 2.05) is 0 Å². The van der Waals surface area contributed by atoms with E-state index in [-0.39, 0.29) is 37.8 Å². The quantitative estimate of drug-likeness (QED) is 0.624. The Kier molecular flexibility index (Phi) is 9.20. The van der Waals surface area contributed by atoms with Gasteiger partial charge >= 0.3 is 12.1 Å². The van der Waals surface area contributed by atoms with Crippen molar-refractivity contribution in [2.24, 2.45) is 5.92 Å². The number of likely N-dealkylation sites (tertiary alicyclic amines) is 1. The van der Waals surface area contributed by atoms with E-state index in [0.29, 0.717) is 19.8 Å². The third-order valence-electron chi connectivity index (χ3n) is 4.39. The second-order valence-corrected chi connectivity index (χ2v) is 5.99. The number of likely N-dealkylation sites (N-methyl/N-ethyl adjacent to an activating group) is 1. The monoisotopic (exact) mass is 367 g/mol. The molecule has 0 radical (unpaired) electrons. The first kappa shape index (κ1) is 21.7. The summed E-state index contributed by atoms with van der Waals surface area (Å²) in [6.07, 6.45) is -4.36. The number of nitrogens with one attached hydrogen (secondary N) is 1. The molecule has 6 nitrogen and oxygen atoms in total. The summed E-state index contributed by atoms with van der Waals surface area (Å²) >= 11 is 0. The van der Waals surface area contributed by atoms with Gasteiger partial charge in [-0.1, -0.05) is 13.8 Å². The van der Waals surface area contributed by atoms with Crippen molar-refractivity contribution in [3.8, 4) is 0 Å². The van der Waals surface area contributed by atoms with Crippen molar-refractivity contribution in [3.05, 3.63) is 0 Å². The molecule has 1 saturated heterocycles. The summed E-state index contributed by atoms with van der Waals surface area (Å²) in [6, 6.07) is 0. The fourth-order valence-corrected chi connectivity index (χ4v) is 2.75. The summed E-state index contributed by atoms with van der Waals surface area (Å²) in [4.78, 5) is 26.1. The molecule has 1 N–H and O–H groups in total. The number of piperidine rings is 1. The highest BCUT2D eigenvalue weighted by molar-refractivity contribution is 5.83. The topological polar surface area (TPSA) is 61.9 Å². The summed E-state index contributed by atoms with van der Waals surface area (Å²) in [5.74, 6) is -2.37. The Morgan fingerprint density at radius 1 is 1.16 bits per heavy atom. The van der Waals surface area contributed by atoms with Crippen molar-refractivity contribution in [1.82, 2.24) is 15.1 Å². The number of hydrogen-bond donors (Lipinski definition) is 1. The lowest BCUT2D eigenvalue weighted by Gasteiger charge is -2.31. The van der Waals surface area contributed by atoms with Crippen molar-refractivity contribution in [1.29, 1.82) is 0 Å². The number of hydrogen-bond acceptors (Lipinski definition) is 4. The Hall–Kier alpha value is -1.35. The predicted molar refractivity (Wildman–Crippen MR) is 87.0 cm³/mol. The summed E-state index contributed by atoms with van der Waals surface area (Å²) in [5.41, 5.74) is 0. The summed E-state index contributed by atoms with van der Waals surface area (Å²) in [7, 11) is 0. The van der Waals surface area contributed by atoms with Crippen LogP contribution in [0.2, 0.25) is 0 Å². The highest BCUT2D eigenvalue weighted by atomic mass is 19.4. The molecule has 9 heteroatoms. The molecule has 1 aliphatic heterocycles. The van der Waals surface area contributed by atoms with Gasteiger partial charge in [-0.15, -0.1) is 0 Å². The molecule has 0 unspecified atom stereocenters. The summed E-state index contributed by atoms with van der Waals surface area (Å²) in [5, 5.41) is 2.74. The minimum Gasteiger partial charge on any atom is -0.378 e. The third-order valence-corrected chi connectivity index (χ3v) is 4.39. The number of carbonyl (C=O) groups excluding carboxylic acids is 2. The van der Waals surface area contributed by atoms with Crippen molar-refractivity contribution in [2.75, 3.05) is 52.5 Å². The van der Waals surface area contributed by atoms with Crippen LogP contribution in [-0.2, 0) is 14.3 Å². The van der Waals surface area contributed by atoms with Gasteiger partial charge in [0.15, 0.2) is 0 Å². The van der Waals surface area contributed by atoms with E-state index in [4.69, 9.17) is 4.74 Å². The maximum Gasteiger partial charge on any atom is 0.471 e. The van der Waals surface area contributed by atoms with Crippen LogP contribution in [0.4, 0.5) is 13.2 Å². The van der Waals surface area contributed by atoms with E-state index in [1.165, 1.54) is 0 Å². The number of alkyl halides is 3. The van der Waals surface area contributed by atoms with E-state index >= 15 is 0 Å². The molecule has 25 heavy (non-hydrogen) atoms. The standard InChI is InChI=1S/C16H28F3N3O3/c1-3-21(4-2)10-12-25-11-7-20-14(23)13-5-8-22(9-6-13)15(24)16(17,18)19/h13H,3-12H2,1-2H3,(H,20,23). The zero-order chi connectivity index (χ0) is 18.9. The Morgan fingerprint density at radius 2 is 1.76 bits per heavy atom. The number of ether oxygens (including phenoxy) is 1. The Labute approximate surface area is 146 Å². The van der Waals surface area contributed by atoms with E-state index in [9.17, 15) is 22.8 Å². The van der Waals surface area contributed by atoms with Gasteiger partial charge in [0, 0.05) is 32.1 Å². The van der Waals surface area contributed by atoms with Crippen LogP contribution in [0, 0.1) is 5.92 Å². The Morgan fingerprint density at radius 3 is 2.28 bits per heavy atom. The van der Waals surface area contributed by atoms with Gasteiger partial charge in [0.05, 0.1) is 13.2 Å². The minimum atomic E-state index is -4.85. The maximum absolute atomic E-state index is 12.4. The molecule has 0 aromatic carbocycles. The molecule has 146 valence electrons. The molecule has 1 rings (SSSR count). The second kappa shape index (κ2) is 10.6. The van der Waals surface area contributed by atoms with Gasteiger partial charge in [-0.05, 0) is 25.9 Å². The van der Waals surface area contributed by atoms with Gasteiger partial charge in [-0.2, -0.15) is 13.2 Å². The van der Waals surface area contributed by atoms with Gasteiger partial charge < -0.3 is 19.9 Å². The molecule has 0 bridgehead atoms. The van der Waals surface area contributed by atoms with E-state index in [0.717, 1.165) is 24.5 Å². The Balaban J connectivity index is 2.16. The first-order chi connectivity index (χ1) is 11.8. The average molecular weight is 367 g/mol. The zero-order valence-electron chi connectivity index (χ0n) is 14.9. The number of carbonyl (C=O) groups is 2. The summed E-state index contributed by atoms with van der Waals surface area (Å²) < 4.78 is 42.6. The Bertz CT molecular complexity index is 421. The fraction of sp³-hybridized carbons (Fsp3) is 0.875. The van der Waals surface area contributed by atoms with Gasteiger partial charge in [-0.3, -0.25) is 9.59 Å². The molecule has 0 aliphatic carbocycles. The van der Waals surface area contributed by atoms with Crippen molar-refractivity contribution >= 4 is 11.8 Å². The van der Waals surface area contributed by atoms with Crippen LogP contribution in [0.5, 0.6) is 0 Å². The smallest absolute Gasteiger partial charge is 0.378 e. The van der Waals surface area contributed by atoms with E-state index in [2.05, 4.69) is 24.1 Å². The number of amides is 2. The molecule has 0 aromatic heterocycles. The second-order valence-electron chi connectivity index (χ2n) is 5.99. The van der Waals surface area contributed by atoms with Crippen LogP contribution in [0.3, 0.4) is 0 Å². The highest BCUT2D eigenvalue weighted by Gasteiger charge is 2.43. The lowest BCUT2D eigenvalue weighted by atomic mass is 9.96. The summed E-state index contributed by atoms with van der Waals surface area (Å²) in [6.45, 7) is 8.21. The largest absolute Gasteiger partial charge is 0.471 e. The SMILES string of the molecule is CCN(CC)CCOCCNC(=O)C1CCN(C(=O)C(F)(F)F)CC1. The van der Waals surface area contributed by atoms with Crippen LogP contribution < -0.4 is 5.32 Å². The molecule has 0 atom stereocenters. The number of halogens is 3. The van der Waals surface area contributed by atoms with Gasteiger partial charge in [0.2, 0.25) is 5.91 Å².